The molecule has 0 atom stereocenters. The summed E-state index contributed by atoms with van der Waals surface area (Å²) in [6, 6.07) is 39.3. The number of carbonyl (C=O) groups is 1. The first kappa shape index (κ1) is 22.5. The smallest absolute Gasteiger partial charge is 0.257 e. The number of thioether (sulfide) groups is 1. The minimum Gasteiger partial charge on any atom is -0.431 e. The van der Waals surface area contributed by atoms with Crippen LogP contribution in [0.1, 0.15) is 0 Å². The highest BCUT2D eigenvalue weighted by atomic mass is 32.2. The zero-order valence-electron chi connectivity index (χ0n) is 18.9. The van der Waals surface area contributed by atoms with E-state index in [4.69, 9.17) is 9.40 Å². The fraction of sp³-hybridized carbons (Fsp3) is 0.0345. The molecule has 0 aliphatic heterocycles. The average molecular weight is 478 g/mol. The highest BCUT2D eigenvalue weighted by Gasteiger charge is 2.19. The number of hydrogen-bond acceptors (Lipinski definition) is 5. The van der Waals surface area contributed by atoms with Gasteiger partial charge in [0.15, 0.2) is 5.76 Å². The third-order valence-electron chi connectivity index (χ3n) is 5.28. The van der Waals surface area contributed by atoms with Crippen LogP contribution in [0.25, 0.3) is 22.6 Å². The summed E-state index contributed by atoms with van der Waals surface area (Å²) in [5, 5.41) is 2.23. The zero-order valence-corrected chi connectivity index (χ0v) is 19.7. The first-order valence-electron chi connectivity index (χ1n) is 11.2. The standard InChI is InChI=1S/C29H23N3O2S/c33-26(31-32(24-17-9-3-10-18-24)25-19-11-4-12-20-25)21-35-29-30-27(22-13-5-1-6-14-22)28(34-29)23-15-7-2-8-16-23/h1-20H,21H2,(H,31,33). The fourth-order valence-corrected chi connectivity index (χ4v) is 4.27. The highest BCUT2D eigenvalue weighted by molar-refractivity contribution is 7.99. The number of hydrazine groups is 1. The molecule has 0 fully saturated rings. The van der Waals surface area contributed by atoms with Gasteiger partial charge in [0.25, 0.3) is 5.22 Å². The van der Waals surface area contributed by atoms with Crippen LogP contribution in [0.4, 0.5) is 11.4 Å². The number of carbonyl (C=O) groups excluding carboxylic acids is 1. The van der Waals surface area contributed by atoms with Gasteiger partial charge in [0.05, 0.1) is 17.1 Å². The van der Waals surface area contributed by atoms with E-state index in [9.17, 15) is 4.79 Å². The lowest BCUT2D eigenvalue weighted by atomic mass is 10.1. The maximum absolute atomic E-state index is 13.0. The van der Waals surface area contributed by atoms with E-state index in [1.807, 2.05) is 121 Å². The van der Waals surface area contributed by atoms with E-state index in [-0.39, 0.29) is 11.7 Å². The molecule has 5 aromatic rings. The van der Waals surface area contributed by atoms with Gasteiger partial charge in [-0.3, -0.25) is 15.2 Å². The van der Waals surface area contributed by atoms with Gasteiger partial charge in [-0.1, -0.05) is 109 Å². The predicted molar refractivity (Wildman–Crippen MR) is 141 cm³/mol. The minimum absolute atomic E-state index is 0.152. The van der Waals surface area contributed by atoms with Crippen molar-refractivity contribution in [2.24, 2.45) is 0 Å². The van der Waals surface area contributed by atoms with Crippen LogP contribution < -0.4 is 10.4 Å². The number of oxazole rings is 1. The van der Waals surface area contributed by atoms with E-state index in [1.165, 1.54) is 11.8 Å². The van der Waals surface area contributed by atoms with Crippen LogP contribution in [-0.2, 0) is 4.79 Å². The fourth-order valence-electron chi connectivity index (χ4n) is 3.66. The van der Waals surface area contributed by atoms with Crippen molar-refractivity contribution in [2.75, 3.05) is 10.8 Å². The molecule has 0 aliphatic carbocycles. The number of nitrogens with zero attached hydrogens (tertiary/aromatic N) is 2. The summed E-state index contributed by atoms with van der Waals surface area (Å²) < 4.78 is 6.14. The molecule has 5 nitrogen and oxygen atoms in total. The van der Waals surface area contributed by atoms with Gasteiger partial charge in [0.2, 0.25) is 5.91 Å². The summed E-state index contributed by atoms with van der Waals surface area (Å²) in [7, 11) is 0. The van der Waals surface area contributed by atoms with E-state index >= 15 is 0 Å². The first-order chi connectivity index (χ1) is 17.3. The van der Waals surface area contributed by atoms with Crippen LogP contribution in [0.2, 0.25) is 0 Å². The van der Waals surface area contributed by atoms with Crippen molar-refractivity contribution in [1.82, 2.24) is 10.4 Å². The Kier molecular flexibility index (Phi) is 6.92. The number of anilines is 2. The average Bonchev–Trinajstić information content (AvgIpc) is 3.37. The van der Waals surface area contributed by atoms with E-state index in [0.29, 0.717) is 11.0 Å². The van der Waals surface area contributed by atoms with E-state index in [0.717, 1.165) is 28.2 Å². The Bertz CT molecular complexity index is 1280. The molecule has 35 heavy (non-hydrogen) atoms. The number of hydrogen-bond donors (Lipinski definition) is 1. The minimum atomic E-state index is -0.163. The molecule has 0 unspecified atom stereocenters. The van der Waals surface area contributed by atoms with Crippen molar-refractivity contribution in [3.8, 4) is 22.6 Å². The van der Waals surface area contributed by atoms with Gasteiger partial charge < -0.3 is 4.42 Å². The summed E-state index contributed by atoms with van der Waals surface area (Å²) in [4.78, 5) is 17.7. The van der Waals surface area contributed by atoms with Crippen LogP contribution in [-0.4, -0.2) is 16.6 Å². The molecule has 1 amide bonds. The molecule has 172 valence electrons. The first-order valence-corrected chi connectivity index (χ1v) is 12.2. The van der Waals surface area contributed by atoms with Crippen LogP contribution in [0.15, 0.2) is 131 Å². The summed E-state index contributed by atoms with van der Waals surface area (Å²) in [6.07, 6.45) is 0. The Hall–Kier alpha value is -4.29. The molecule has 1 N–H and O–H groups in total. The second-order valence-electron chi connectivity index (χ2n) is 7.72. The predicted octanol–water partition coefficient (Wildman–Crippen LogP) is 6.97. The lowest BCUT2D eigenvalue weighted by Gasteiger charge is -2.25. The molecule has 4 aromatic carbocycles. The molecule has 6 heteroatoms. The number of nitrogens with one attached hydrogen (secondary N) is 1. The summed E-state index contributed by atoms with van der Waals surface area (Å²) in [6.45, 7) is 0. The van der Waals surface area contributed by atoms with Gasteiger partial charge in [-0.05, 0) is 24.3 Å². The molecule has 0 saturated heterocycles. The van der Waals surface area contributed by atoms with Gasteiger partial charge in [-0.15, -0.1) is 0 Å². The zero-order chi connectivity index (χ0) is 23.9. The normalized spacial score (nSPS) is 10.6. The van der Waals surface area contributed by atoms with Crippen molar-refractivity contribution in [3.63, 3.8) is 0 Å². The second kappa shape index (κ2) is 10.8. The number of benzene rings is 4. The van der Waals surface area contributed by atoms with Gasteiger partial charge in [-0.2, -0.15) is 0 Å². The molecule has 0 spiro atoms. The number of aromatic nitrogens is 1. The quantitative estimate of drug-likeness (QED) is 0.193. The van der Waals surface area contributed by atoms with E-state index in [2.05, 4.69) is 5.43 Å². The third-order valence-corrected chi connectivity index (χ3v) is 6.11. The van der Waals surface area contributed by atoms with Gasteiger partial charge in [-0.25, -0.2) is 4.98 Å². The van der Waals surface area contributed by atoms with Crippen molar-refractivity contribution < 1.29 is 9.21 Å². The van der Waals surface area contributed by atoms with Gasteiger partial charge in [0.1, 0.15) is 5.69 Å². The monoisotopic (exact) mass is 477 g/mol. The Labute approximate surface area is 208 Å². The number of para-hydroxylation sites is 2. The van der Waals surface area contributed by atoms with Crippen molar-refractivity contribution in [3.05, 3.63) is 121 Å². The molecule has 1 aromatic heterocycles. The molecule has 0 aliphatic rings. The Morgan fingerprint density at radius 2 is 1.20 bits per heavy atom. The largest absolute Gasteiger partial charge is 0.431 e. The Morgan fingerprint density at radius 1 is 0.714 bits per heavy atom. The van der Waals surface area contributed by atoms with Crippen LogP contribution in [0, 0.1) is 0 Å². The Balaban J connectivity index is 1.35. The molecule has 0 bridgehead atoms. The SMILES string of the molecule is O=C(CSc1nc(-c2ccccc2)c(-c2ccccc2)o1)NN(c1ccccc1)c1ccccc1. The summed E-state index contributed by atoms with van der Waals surface area (Å²) in [5.41, 5.74) is 7.40. The maximum atomic E-state index is 13.0. The maximum Gasteiger partial charge on any atom is 0.257 e. The van der Waals surface area contributed by atoms with Crippen molar-refractivity contribution in [1.29, 1.82) is 0 Å². The molecule has 0 radical (unpaired) electrons. The van der Waals surface area contributed by atoms with Crippen LogP contribution in [0.3, 0.4) is 0 Å². The van der Waals surface area contributed by atoms with Crippen LogP contribution >= 0.6 is 11.8 Å². The van der Waals surface area contributed by atoms with Crippen LogP contribution in [0.5, 0.6) is 0 Å². The second-order valence-corrected chi connectivity index (χ2v) is 8.65. The molecule has 1 heterocycles. The lowest BCUT2D eigenvalue weighted by molar-refractivity contribution is -0.118. The Morgan fingerprint density at radius 3 is 1.74 bits per heavy atom. The van der Waals surface area contributed by atoms with Crippen molar-refractivity contribution >= 4 is 29.0 Å². The molecule has 5 rings (SSSR count). The molecular formula is C29H23N3O2S. The molecule has 0 saturated carbocycles. The topological polar surface area (TPSA) is 58.4 Å². The summed E-state index contributed by atoms with van der Waals surface area (Å²) in [5.74, 6) is 0.678. The molecular weight excluding hydrogens is 454 g/mol. The van der Waals surface area contributed by atoms with Crippen molar-refractivity contribution in [2.45, 2.75) is 5.22 Å². The highest BCUT2D eigenvalue weighted by Crippen LogP contribution is 2.35. The number of amides is 1. The van der Waals surface area contributed by atoms with Gasteiger partial charge >= 0.3 is 0 Å². The summed E-state index contributed by atoms with van der Waals surface area (Å²) >= 11 is 1.27. The van der Waals surface area contributed by atoms with E-state index in [1.54, 1.807) is 5.01 Å². The van der Waals surface area contributed by atoms with E-state index < -0.39 is 0 Å². The lowest BCUT2D eigenvalue weighted by Crippen LogP contribution is -2.39. The third kappa shape index (κ3) is 5.45. The van der Waals surface area contributed by atoms with Gasteiger partial charge in [0, 0.05) is 11.1 Å². The number of rotatable bonds is 8.